The van der Waals surface area contributed by atoms with E-state index in [1.54, 1.807) is 13.0 Å². The van der Waals surface area contributed by atoms with Crippen LogP contribution in [0.5, 0.6) is 11.5 Å². The molecule has 3 rings (SSSR count). The summed E-state index contributed by atoms with van der Waals surface area (Å²) >= 11 is 0. The summed E-state index contributed by atoms with van der Waals surface area (Å²) in [7, 11) is -6.62. The number of nitrogens with zero attached hydrogens (tertiary/aromatic N) is 1. The molecule has 28 heavy (non-hydrogen) atoms. The van der Waals surface area contributed by atoms with Gasteiger partial charge in [0, 0.05) is 6.07 Å². The molecule has 1 aliphatic heterocycles. The zero-order valence-electron chi connectivity index (χ0n) is 15.3. The Bertz CT molecular complexity index is 1100. The first kappa shape index (κ1) is 20.4. The molecule has 0 spiro atoms. The minimum Gasteiger partial charge on any atom is -0.508 e. The number of methoxy groups -OCH3 is 1. The number of hydrogen-bond acceptors (Lipinski definition) is 7. The fourth-order valence-electron chi connectivity index (χ4n) is 3.26. The Morgan fingerprint density at radius 2 is 1.86 bits per heavy atom. The first-order valence-electron chi connectivity index (χ1n) is 8.42. The Balaban J connectivity index is 2.24. The Labute approximate surface area is 164 Å². The standard InChI is InChI=1S/C18H21NO7S2/c1-12-6-7-17(26-2)18(8-12)28(24,25)19(13-4-3-5-14(20)9-13)15-10-27(22,23)11-16(15)21/h3-9,15-16,20-21H,10-11H2,1-2H3/t15-,16-/m1/s1. The van der Waals surface area contributed by atoms with Crippen molar-refractivity contribution in [1.82, 2.24) is 0 Å². The summed E-state index contributed by atoms with van der Waals surface area (Å²) < 4.78 is 57.3. The van der Waals surface area contributed by atoms with Crippen molar-refractivity contribution >= 4 is 25.5 Å². The summed E-state index contributed by atoms with van der Waals surface area (Å²) in [6.45, 7) is 1.71. The molecule has 152 valence electrons. The molecule has 10 heteroatoms. The van der Waals surface area contributed by atoms with E-state index in [0.717, 1.165) is 4.31 Å². The molecular formula is C18H21NO7S2. The number of sulfone groups is 1. The van der Waals surface area contributed by atoms with Gasteiger partial charge in [0.05, 0.1) is 36.4 Å². The van der Waals surface area contributed by atoms with Crippen LogP contribution in [0.2, 0.25) is 0 Å². The quantitative estimate of drug-likeness (QED) is 0.732. The smallest absolute Gasteiger partial charge is 0.268 e. The molecule has 1 fully saturated rings. The number of aromatic hydroxyl groups is 1. The van der Waals surface area contributed by atoms with Gasteiger partial charge in [-0.3, -0.25) is 4.31 Å². The molecule has 0 saturated carbocycles. The summed E-state index contributed by atoms with van der Waals surface area (Å²) in [6, 6.07) is 8.81. The number of rotatable bonds is 5. The third kappa shape index (κ3) is 3.80. The van der Waals surface area contributed by atoms with Gasteiger partial charge in [-0.25, -0.2) is 16.8 Å². The largest absolute Gasteiger partial charge is 0.508 e. The predicted octanol–water partition coefficient (Wildman–Crippen LogP) is 1.06. The van der Waals surface area contributed by atoms with Gasteiger partial charge in [0.25, 0.3) is 10.0 Å². The second kappa shape index (κ2) is 7.26. The lowest BCUT2D eigenvalue weighted by Gasteiger charge is -2.32. The van der Waals surface area contributed by atoms with Gasteiger partial charge in [-0.15, -0.1) is 0 Å². The van der Waals surface area contributed by atoms with E-state index in [2.05, 4.69) is 0 Å². The summed E-state index contributed by atoms with van der Waals surface area (Å²) in [5, 5.41) is 20.2. The lowest BCUT2D eigenvalue weighted by Crippen LogP contribution is -2.47. The molecule has 0 radical (unpaired) electrons. The van der Waals surface area contributed by atoms with E-state index in [-0.39, 0.29) is 22.1 Å². The lowest BCUT2D eigenvalue weighted by atomic mass is 10.2. The molecule has 1 heterocycles. The molecule has 0 bridgehead atoms. The number of aliphatic hydroxyl groups excluding tert-OH is 1. The molecule has 0 aliphatic carbocycles. The van der Waals surface area contributed by atoms with E-state index >= 15 is 0 Å². The molecule has 0 amide bonds. The first-order valence-corrected chi connectivity index (χ1v) is 11.7. The predicted molar refractivity (Wildman–Crippen MR) is 104 cm³/mol. The zero-order valence-corrected chi connectivity index (χ0v) is 16.9. The van der Waals surface area contributed by atoms with Crippen molar-refractivity contribution in [3.63, 3.8) is 0 Å². The van der Waals surface area contributed by atoms with Crippen molar-refractivity contribution in [2.75, 3.05) is 22.9 Å². The van der Waals surface area contributed by atoms with Crippen molar-refractivity contribution in [3.05, 3.63) is 48.0 Å². The Hall–Kier alpha value is -2.30. The second-order valence-electron chi connectivity index (χ2n) is 6.69. The van der Waals surface area contributed by atoms with E-state index in [9.17, 15) is 27.0 Å². The SMILES string of the molecule is COc1ccc(C)cc1S(=O)(=O)N(c1cccc(O)c1)[C@@H]1CS(=O)(=O)C[C@H]1O. The Kier molecular flexibility index (Phi) is 5.30. The average Bonchev–Trinajstić information content (AvgIpc) is 2.87. The van der Waals surface area contributed by atoms with Gasteiger partial charge in [-0.1, -0.05) is 12.1 Å². The van der Waals surface area contributed by atoms with Crippen LogP contribution in [-0.4, -0.2) is 57.8 Å². The number of aryl methyl sites for hydroxylation is 1. The highest BCUT2D eigenvalue weighted by molar-refractivity contribution is 7.93. The third-order valence-electron chi connectivity index (χ3n) is 4.53. The van der Waals surface area contributed by atoms with Crippen LogP contribution in [0.15, 0.2) is 47.4 Å². The number of sulfonamides is 1. The van der Waals surface area contributed by atoms with Crippen molar-refractivity contribution < 1.29 is 31.8 Å². The lowest BCUT2D eigenvalue weighted by molar-refractivity contribution is 0.184. The van der Waals surface area contributed by atoms with Gasteiger partial charge in [-0.2, -0.15) is 0 Å². The molecule has 2 N–H and O–H groups in total. The minimum absolute atomic E-state index is 0.0460. The van der Waals surface area contributed by atoms with Crippen LogP contribution in [0.3, 0.4) is 0 Å². The molecule has 0 aromatic heterocycles. The van der Waals surface area contributed by atoms with Gasteiger partial charge in [-0.05, 0) is 36.8 Å². The third-order valence-corrected chi connectivity index (χ3v) is 8.11. The van der Waals surface area contributed by atoms with E-state index in [1.807, 2.05) is 0 Å². The van der Waals surface area contributed by atoms with Gasteiger partial charge in [0.15, 0.2) is 9.84 Å². The van der Waals surface area contributed by atoms with Crippen molar-refractivity contribution in [2.24, 2.45) is 0 Å². The second-order valence-corrected chi connectivity index (χ2v) is 10.6. The average molecular weight is 428 g/mol. The maximum Gasteiger partial charge on any atom is 0.268 e. The number of aliphatic hydroxyl groups is 1. The molecular weight excluding hydrogens is 406 g/mol. The van der Waals surface area contributed by atoms with Gasteiger partial charge in [0.1, 0.15) is 16.4 Å². The van der Waals surface area contributed by atoms with Crippen molar-refractivity contribution in [1.29, 1.82) is 0 Å². The number of ether oxygens (including phenoxy) is 1. The fraction of sp³-hybridized carbons (Fsp3) is 0.333. The topological polar surface area (TPSA) is 121 Å². The highest BCUT2D eigenvalue weighted by Crippen LogP contribution is 2.36. The zero-order chi connectivity index (χ0) is 20.7. The monoisotopic (exact) mass is 427 g/mol. The van der Waals surface area contributed by atoms with Gasteiger partial charge < -0.3 is 14.9 Å². The van der Waals surface area contributed by atoms with Crippen LogP contribution >= 0.6 is 0 Å². The van der Waals surface area contributed by atoms with Gasteiger partial charge in [0.2, 0.25) is 0 Å². The molecule has 2 aromatic carbocycles. The maximum absolute atomic E-state index is 13.6. The van der Waals surface area contributed by atoms with E-state index in [1.165, 1.54) is 43.5 Å². The molecule has 2 atom stereocenters. The van der Waals surface area contributed by atoms with Crippen LogP contribution in [-0.2, 0) is 19.9 Å². The highest BCUT2D eigenvalue weighted by Gasteiger charge is 2.45. The minimum atomic E-state index is -4.33. The van der Waals surface area contributed by atoms with Crippen LogP contribution in [0.25, 0.3) is 0 Å². The molecule has 1 aliphatic rings. The van der Waals surface area contributed by atoms with E-state index < -0.39 is 43.5 Å². The van der Waals surface area contributed by atoms with Crippen LogP contribution in [0.1, 0.15) is 5.56 Å². The van der Waals surface area contributed by atoms with Crippen molar-refractivity contribution in [3.8, 4) is 11.5 Å². The summed E-state index contributed by atoms with van der Waals surface area (Å²) in [5.74, 6) is -1.17. The molecule has 2 aromatic rings. The fourth-order valence-corrected chi connectivity index (χ4v) is 7.04. The van der Waals surface area contributed by atoms with Crippen LogP contribution in [0, 0.1) is 6.92 Å². The normalized spacial score (nSPS) is 21.4. The number of hydrogen-bond donors (Lipinski definition) is 2. The van der Waals surface area contributed by atoms with Crippen LogP contribution < -0.4 is 9.04 Å². The summed E-state index contributed by atoms with van der Waals surface area (Å²) in [5.41, 5.74) is 0.708. The van der Waals surface area contributed by atoms with Crippen LogP contribution in [0.4, 0.5) is 5.69 Å². The number of benzene rings is 2. The molecule has 1 saturated heterocycles. The summed E-state index contributed by atoms with van der Waals surface area (Å²) in [4.78, 5) is -0.158. The molecule has 8 nitrogen and oxygen atoms in total. The highest BCUT2D eigenvalue weighted by atomic mass is 32.2. The number of phenolic OH excluding ortho intramolecular Hbond substituents is 1. The number of phenols is 1. The van der Waals surface area contributed by atoms with E-state index in [4.69, 9.17) is 4.74 Å². The summed E-state index contributed by atoms with van der Waals surface area (Å²) in [6.07, 6.45) is -1.40. The number of anilines is 1. The Morgan fingerprint density at radius 1 is 1.14 bits per heavy atom. The Morgan fingerprint density at radius 3 is 2.43 bits per heavy atom. The maximum atomic E-state index is 13.6. The van der Waals surface area contributed by atoms with Crippen molar-refractivity contribution in [2.45, 2.75) is 24.0 Å². The molecule has 0 unspecified atom stereocenters. The van der Waals surface area contributed by atoms with E-state index in [0.29, 0.717) is 5.56 Å². The van der Waals surface area contributed by atoms with Gasteiger partial charge >= 0.3 is 0 Å². The first-order chi connectivity index (χ1) is 13.0.